The Balaban J connectivity index is -0.000000468. The van der Waals surface area contributed by atoms with Crippen LogP contribution in [0.1, 0.15) is 45.5 Å². The Morgan fingerprint density at radius 2 is 1.41 bits per heavy atom. The van der Waals surface area contributed by atoms with Crippen molar-refractivity contribution in [2.45, 2.75) is 35.1 Å². The highest BCUT2D eigenvalue weighted by molar-refractivity contribution is 6.04. The topological polar surface area (TPSA) is 123 Å². The summed E-state index contributed by atoms with van der Waals surface area (Å²) in [6.45, 7) is 8.00. The zero-order chi connectivity index (χ0) is 27.8. The first-order valence-corrected chi connectivity index (χ1v) is 11.8. The van der Waals surface area contributed by atoms with Crippen LogP contribution in [0.4, 0.5) is 5.95 Å². The summed E-state index contributed by atoms with van der Waals surface area (Å²) in [6.07, 6.45) is 5.06. The number of carbonyl (C=O) groups is 1. The van der Waals surface area contributed by atoms with Gasteiger partial charge in [-0.3, -0.25) is 9.79 Å². The third-order valence-corrected chi connectivity index (χ3v) is 3.79. The largest absolute Gasteiger partial charge is 0.383 e. The summed E-state index contributed by atoms with van der Waals surface area (Å²) in [7, 11) is 7.11. The molecule has 0 atom stereocenters. The van der Waals surface area contributed by atoms with E-state index in [-0.39, 0.29) is 19.2 Å². The zero-order valence-corrected chi connectivity index (χ0v) is 22.9. The van der Waals surface area contributed by atoms with Gasteiger partial charge in [-0.05, 0) is 6.07 Å². The lowest BCUT2D eigenvalue weighted by atomic mass is 10.1. The Labute approximate surface area is 224 Å². The van der Waals surface area contributed by atoms with Crippen LogP contribution in [0.2, 0.25) is 0 Å². The van der Waals surface area contributed by atoms with Gasteiger partial charge in [0.2, 0.25) is 5.95 Å². The summed E-state index contributed by atoms with van der Waals surface area (Å²) in [5.74, 6) is 0.811. The van der Waals surface area contributed by atoms with Crippen molar-refractivity contribution in [2.24, 2.45) is 16.5 Å². The summed E-state index contributed by atoms with van der Waals surface area (Å²) in [6, 6.07) is 21.2. The number of anilines is 1. The summed E-state index contributed by atoms with van der Waals surface area (Å²) in [4.78, 5) is 25.0. The Morgan fingerprint density at radius 1 is 0.919 bits per heavy atom. The van der Waals surface area contributed by atoms with E-state index in [1.54, 1.807) is 18.5 Å². The maximum atomic E-state index is 11.4. The SMILES string of the molecule is C.CC.CC.CN(C)/C=C/C(=O)c1ccccc1.CN=C(N)N.CNc1nccc(-c2ccccc2)n1. The number of carbonyl (C=O) groups excluding carboxylic acids is 1. The molecule has 0 aliphatic heterocycles. The van der Waals surface area contributed by atoms with Crippen LogP contribution in [0.3, 0.4) is 0 Å². The van der Waals surface area contributed by atoms with Crippen molar-refractivity contribution in [1.82, 2.24) is 14.9 Å². The number of hydrogen-bond acceptors (Lipinski definition) is 6. The van der Waals surface area contributed by atoms with E-state index in [1.807, 2.05) is 120 Å². The second kappa shape index (κ2) is 24.9. The van der Waals surface area contributed by atoms with Gasteiger partial charge in [0.05, 0.1) is 5.69 Å². The van der Waals surface area contributed by atoms with Crippen LogP contribution < -0.4 is 16.8 Å². The first-order chi connectivity index (χ1) is 17.4. The minimum absolute atomic E-state index is 0. The van der Waals surface area contributed by atoms with Gasteiger partial charge in [-0.15, -0.1) is 0 Å². The van der Waals surface area contributed by atoms with Gasteiger partial charge in [-0.1, -0.05) is 95.8 Å². The van der Waals surface area contributed by atoms with Gasteiger partial charge in [0.1, 0.15) is 0 Å². The number of hydrogen-bond donors (Lipinski definition) is 3. The fourth-order valence-corrected chi connectivity index (χ4v) is 2.16. The molecule has 3 rings (SSSR count). The van der Waals surface area contributed by atoms with E-state index in [1.165, 1.54) is 7.05 Å². The number of aliphatic imine (C=N–C) groups is 1. The van der Waals surface area contributed by atoms with E-state index < -0.39 is 0 Å². The first-order valence-electron chi connectivity index (χ1n) is 11.8. The Hall–Kier alpha value is -4.20. The predicted octanol–water partition coefficient (Wildman–Crippen LogP) is 5.71. The van der Waals surface area contributed by atoms with E-state index in [4.69, 9.17) is 11.5 Å². The number of nitrogens with one attached hydrogen (secondary N) is 1. The Morgan fingerprint density at radius 3 is 1.84 bits per heavy atom. The van der Waals surface area contributed by atoms with Crippen molar-refractivity contribution in [3.63, 3.8) is 0 Å². The molecule has 3 aromatic rings. The average molecular weight is 510 g/mol. The van der Waals surface area contributed by atoms with Crippen molar-refractivity contribution < 1.29 is 4.79 Å². The van der Waals surface area contributed by atoms with Gasteiger partial charge in [0.15, 0.2) is 11.7 Å². The maximum Gasteiger partial charge on any atom is 0.222 e. The van der Waals surface area contributed by atoms with Crippen molar-refractivity contribution in [2.75, 3.05) is 33.5 Å². The van der Waals surface area contributed by atoms with Crippen LogP contribution in [0.25, 0.3) is 11.3 Å². The molecule has 5 N–H and O–H groups in total. The molecule has 0 aliphatic rings. The lowest BCUT2D eigenvalue weighted by Crippen LogP contribution is -2.21. The van der Waals surface area contributed by atoms with Crippen LogP contribution in [-0.2, 0) is 0 Å². The molecule has 1 heterocycles. The number of nitrogens with two attached hydrogens (primary N) is 2. The number of nitrogens with zero attached hydrogens (tertiary/aromatic N) is 4. The molecule has 2 aromatic carbocycles. The maximum absolute atomic E-state index is 11.4. The summed E-state index contributed by atoms with van der Waals surface area (Å²) in [5.41, 5.74) is 12.4. The molecule has 0 unspecified atom stereocenters. The number of allylic oxidation sites excluding steroid dienone is 1. The van der Waals surface area contributed by atoms with Crippen LogP contribution in [0, 0.1) is 0 Å². The molecular formula is C29H47N7O. The van der Waals surface area contributed by atoms with Gasteiger partial charge in [0.25, 0.3) is 0 Å². The first kappa shape index (κ1) is 37.4. The molecule has 8 nitrogen and oxygen atoms in total. The monoisotopic (exact) mass is 509 g/mol. The van der Waals surface area contributed by atoms with Gasteiger partial charge in [-0.2, -0.15) is 0 Å². The summed E-state index contributed by atoms with van der Waals surface area (Å²) < 4.78 is 0. The highest BCUT2D eigenvalue weighted by Crippen LogP contribution is 2.16. The molecule has 204 valence electrons. The molecule has 0 saturated heterocycles. The van der Waals surface area contributed by atoms with E-state index in [9.17, 15) is 4.79 Å². The molecule has 37 heavy (non-hydrogen) atoms. The fourth-order valence-electron chi connectivity index (χ4n) is 2.16. The van der Waals surface area contributed by atoms with Gasteiger partial charge in [-0.25, -0.2) is 9.97 Å². The smallest absolute Gasteiger partial charge is 0.222 e. The zero-order valence-electron chi connectivity index (χ0n) is 22.9. The minimum Gasteiger partial charge on any atom is -0.383 e. The highest BCUT2D eigenvalue weighted by atomic mass is 16.1. The second-order valence-corrected chi connectivity index (χ2v) is 6.54. The quantitative estimate of drug-likeness (QED) is 0.174. The molecule has 0 aliphatic carbocycles. The number of ketones is 1. The van der Waals surface area contributed by atoms with E-state index in [0.29, 0.717) is 5.95 Å². The van der Waals surface area contributed by atoms with Crippen LogP contribution >= 0.6 is 0 Å². The van der Waals surface area contributed by atoms with Crippen LogP contribution in [-0.4, -0.2) is 54.8 Å². The number of guanidine groups is 1. The molecule has 0 bridgehead atoms. The van der Waals surface area contributed by atoms with E-state index >= 15 is 0 Å². The molecule has 8 heteroatoms. The molecular weight excluding hydrogens is 462 g/mol. The molecule has 0 fully saturated rings. The lowest BCUT2D eigenvalue weighted by Gasteiger charge is -2.02. The molecule has 0 saturated carbocycles. The van der Waals surface area contributed by atoms with Crippen molar-refractivity contribution in [1.29, 1.82) is 0 Å². The van der Waals surface area contributed by atoms with Crippen LogP contribution in [0.15, 0.2) is 90.2 Å². The van der Waals surface area contributed by atoms with Crippen molar-refractivity contribution >= 4 is 17.7 Å². The second-order valence-electron chi connectivity index (χ2n) is 6.54. The fraction of sp³-hybridized carbons (Fsp3) is 0.310. The molecule has 0 amide bonds. The van der Waals surface area contributed by atoms with Crippen molar-refractivity contribution in [3.8, 4) is 11.3 Å². The van der Waals surface area contributed by atoms with E-state index in [2.05, 4.69) is 20.3 Å². The van der Waals surface area contributed by atoms with E-state index in [0.717, 1.165) is 16.8 Å². The highest BCUT2D eigenvalue weighted by Gasteiger charge is 1.99. The van der Waals surface area contributed by atoms with Crippen molar-refractivity contribution in [3.05, 3.63) is 90.8 Å². The van der Waals surface area contributed by atoms with Gasteiger partial charge < -0.3 is 21.7 Å². The molecule has 0 spiro atoms. The Bertz CT molecular complexity index is 985. The summed E-state index contributed by atoms with van der Waals surface area (Å²) in [5, 5.41) is 2.91. The standard InChI is InChI=1S/C11H11N3.C11H13NO.C2H7N3.2C2H6.CH4/c1-12-11-13-8-7-10(14-11)9-5-3-2-4-6-9;1-12(2)9-8-11(13)10-6-4-3-5-7-10;1-5-2(3)4;2*1-2;/h2-8H,1H3,(H,12,13,14);3-9H,1-2H3;1H3,(H4,3,4,5);2*1-2H3;1H4/b;9-8+;;;;. The lowest BCUT2D eigenvalue weighted by molar-refractivity contribution is 0.104. The molecule has 1 aromatic heterocycles. The average Bonchev–Trinajstić information content (AvgIpc) is 2.95. The van der Waals surface area contributed by atoms with Gasteiger partial charge >= 0.3 is 0 Å². The predicted molar refractivity (Wildman–Crippen MR) is 162 cm³/mol. The number of benzene rings is 2. The minimum atomic E-state index is 0. The molecule has 0 radical (unpaired) electrons. The summed E-state index contributed by atoms with van der Waals surface area (Å²) >= 11 is 0. The number of aromatic nitrogens is 2. The Kier molecular flexibility index (Phi) is 25.1. The van der Waals surface area contributed by atoms with Crippen LogP contribution in [0.5, 0.6) is 0 Å². The normalized spacial score (nSPS) is 8.54. The number of rotatable bonds is 5. The third kappa shape index (κ3) is 18.8. The van der Waals surface area contributed by atoms with Gasteiger partial charge in [0, 0.05) is 57.8 Å². The third-order valence-electron chi connectivity index (χ3n) is 3.79.